The van der Waals surface area contributed by atoms with E-state index in [0.29, 0.717) is 17.5 Å². The SMILES string of the molecule is c1ccc(-c2nc(-c3cccc4c(-c5cccc6ccccc56)cccc34)nc(-c3ccc(-c4ccccc4)c4oc5ccccc5c34)n2)cc1. The van der Waals surface area contributed by atoms with Gasteiger partial charge in [0, 0.05) is 33.0 Å². The zero-order valence-electron chi connectivity index (χ0n) is 27.5. The summed E-state index contributed by atoms with van der Waals surface area (Å²) in [5.74, 6) is 1.83. The van der Waals surface area contributed by atoms with Crippen molar-refractivity contribution in [3.8, 4) is 56.4 Å². The normalized spacial score (nSPS) is 11.5. The van der Waals surface area contributed by atoms with Gasteiger partial charge in [0.25, 0.3) is 0 Å². The van der Waals surface area contributed by atoms with Crippen LogP contribution < -0.4 is 0 Å². The zero-order valence-corrected chi connectivity index (χ0v) is 27.5. The van der Waals surface area contributed by atoms with Gasteiger partial charge in [-0.05, 0) is 56.4 Å². The minimum Gasteiger partial charge on any atom is -0.455 e. The summed E-state index contributed by atoms with van der Waals surface area (Å²) in [5.41, 5.74) is 8.89. The van der Waals surface area contributed by atoms with E-state index < -0.39 is 0 Å². The van der Waals surface area contributed by atoms with Crippen LogP contribution in [0.1, 0.15) is 0 Å². The molecule has 0 unspecified atom stereocenters. The van der Waals surface area contributed by atoms with Gasteiger partial charge in [-0.2, -0.15) is 0 Å². The van der Waals surface area contributed by atoms with Gasteiger partial charge in [-0.3, -0.25) is 0 Å². The predicted molar refractivity (Wildman–Crippen MR) is 209 cm³/mol. The average molecular weight is 652 g/mol. The van der Waals surface area contributed by atoms with Crippen molar-refractivity contribution in [3.63, 3.8) is 0 Å². The van der Waals surface area contributed by atoms with Gasteiger partial charge in [0.1, 0.15) is 11.2 Å². The molecule has 0 N–H and O–H groups in total. The van der Waals surface area contributed by atoms with E-state index in [1.165, 1.54) is 21.9 Å². The first-order chi connectivity index (χ1) is 25.3. The topological polar surface area (TPSA) is 51.8 Å². The third kappa shape index (κ3) is 4.88. The molecule has 0 aliphatic carbocycles. The molecule has 0 spiro atoms. The van der Waals surface area contributed by atoms with Crippen LogP contribution in [0.3, 0.4) is 0 Å². The average Bonchev–Trinajstić information content (AvgIpc) is 3.60. The Morgan fingerprint density at radius 1 is 0.314 bits per heavy atom. The van der Waals surface area contributed by atoms with Crippen molar-refractivity contribution in [3.05, 3.63) is 176 Å². The predicted octanol–water partition coefficient (Wildman–Crippen LogP) is 12.4. The third-order valence-electron chi connectivity index (χ3n) is 9.76. The van der Waals surface area contributed by atoms with E-state index in [0.717, 1.165) is 60.5 Å². The fraction of sp³-hybridized carbons (Fsp3) is 0. The number of hydrogen-bond donors (Lipinski definition) is 0. The Morgan fingerprint density at radius 2 is 0.824 bits per heavy atom. The molecule has 10 rings (SSSR count). The fourth-order valence-corrected chi connectivity index (χ4v) is 7.39. The molecule has 0 radical (unpaired) electrons. The molecule has 0 saturated heterocycles. The van der Waals surface area contributed by atoms with Crippen molar-refractivity contribution < 1.29 is 4.42 Å². The second-order valence-corrected chi connectivity index (χ2v) is 12.7. The van der Waals surface area contributed by atoms with Crippen LogP contribution in [-0.2, 0) is 0 Å². The quantitative estimate of drug-likeness (QED) is 0.186. The molecule has 0 saturated carbocycles. The van der Waals surface area contributed by atoms with E-state index in [1.54, 1.807) is 0 Å². The molecule has 2 heterocycles. The minimum atomic E-state index is 0.595. The van der Waals surface area contributed by atoms with Crippen LogP contribution in [0.4, 0.5) is 0 Å². The summed E-state index contributed by atoms with van der Waals surface area (Å²) < 4.78 is 6.60. The number of fused-ring (bicyclic) bond motifs is 5. The van der Waals surface area contributed by atoms with E-state index in [2.05, 4.69) is 121 Å². The number of furan rings is 1. The van der Waals surface area contributed by atoms with Crippen LogP contribution in [-0.4, -0.2) is 15.0 Å². The summed E-state index contributed by atoms with van der Waals surface area (Å²) in [6.45, 7) is 0. The lowest BCUT2D eigenvalue weighted by Gasteiger charge is -2.14. The maximum Gasteiger partial charge on any atom is 0.164 e. The second kappa shape index (κ2) is 11.9. The summed E-state index contributed by atoms with van der Waals surface area (Å²) >= 11 is 0. The van der Waals surface area contributed by atoms with Gasteiger partial charge in [-0.1, -0.05) is 158 Å². The summed E-state index contributed by atoms with van der Waals surface area (Å²) in [6, 6.07) is 60.9. The minimum absolute atomic E-state index is 0.595. The van der Waals surface area contributed by atoms with Gasteiger partial charge in [0.2, 0.25) is 0 Å². The first-order valence-corrected chi connectivity index (χ1v) is 17.1. The molecule has 0 aliphatic rings. The highest BCUT2D eigenvalue weighted by Crippen LogP contribution is 2.42. The molecule has 8 aromatic carbocycles. The number of rotatable bonds is 5. The maximum atomic E-state index is 6.60. The van der Waals surface area contributed by atoms with Crippen LogP contribution in [0.5, 0.6) is 0 Å². The molecule has 4 heteroatoms. The monoisotopic (exact) mass is 651 g/mol. The highest BCUT2D eigenvalue weighted by atomic mass is 16.3. The number of benzene rings is 8. The molecule has 0 fully saturated rings. The Labute approximate surface area is 294 Å². The standard InChI is InChI=1S/C47H29N3O/c1-3-14-31(15-4-1)34-28-29-41(43-40-21-9-10-27-42(40)51-44(34)43)47-49-45(32-17-5-2-6-18-32)48-46(50-47)39-26-13-24-37-36(23-12-25-38(37)39)35-22-11-19-30-16-7-8-20-33(30)35/h1-29H. The Morgan fingerprint density at radius 3 is 1.61 bits per heavy atom. The first kappa shape index (κ1) is 29.0. The summed E-state index contributed by atoms with van der Waals surface area (Å²) in [6.07, 6.45) is 0. The molecule has 10 aromatic rings. The fourth-order valence-electron chi connectivity index (χ4n) is 7.39. The highest BCUT2D eigenvalue weighted by Gasteiger charge is 2.21. The molecule has 0 bridgehead atoms. The van der Waals surface area contributed by atoms with Crippen molar-refractivity contribution in [2.75, 3.05) is 0 Å². The van der Waals surface area contributed by atoms with Crippen LogP contribution in [0.15, 0.2) is 180 Å². The van der Waals surface area contributed by atoms with E-state index in [1.807, 2.05) is 54.6 Å². The van der Waals surface area contributed by atoms with Crippen LogP contribution in [0, 0.1) is 0 Å². The maximum absolute atomic E-state index is 6.60. The number of aromatic nitrogens is 3. The Hall–Kier alpha value is -6.91. The summed E-state index contributed by atoms with van der Waals surface area (Å²) in [5, 5.41) is 6.67. The van der Waals surface area contributed by atoms with Crippen molar-refractivity contribution in [1.82, 2.24) is 15.0 Å². The van der Waals surface area contributed by atoms with E-state index in [-0.39, 0.29) is 0 Å². The number of para-hydroxylation sites is 1. The smallest absolute Gasteiger partial charge is 0.164 e. The molecule has 0 atom stereocenters. The van der Waals surface area contributed by atoms with E-state index >= 15 is 0 Å². The molecule has 51 heavy (non-hydrogen) atoms. The van der Waals surface area contributed by atoms with Crippen molar-refractivity contribution in [1.29, 1.82) is 0 Å². The highest BCUT2D eigenvalue weighted by molar-refractivity contribution is 6.16. The van der Waals surface area contributed by atoms with Crippen molar-refractivity contribution >= 4 is 43.5 Å². The van der Waals surface area contributed by atoms with Gasteiger partial charge in [-0.15, -0.1) is 0 Å². The van der Waals surface area contributed by atoms with Gasteiger partial charge in [0.05, 0.1) is 0 Å². The van der Waals surface area contributed by atoms with Crippen molar-refractivity contribution in [2.24, 2.45) is 0 Å². The van der Waals surface area contributed by atoms with Gasteiger partial charge in [0.15, 0.2) is 17.5 Å². The molecule has 0 aliphatic heterocycles. The lowest BCUT2D eigenvalue weighted by molar-refractivity contribution is 0.670. The molecular formula is C47H29N3O. The molecule has 0 amide bonds. The van der Waals surface area contributed by atoms with Crippen LogP contribution in [0.2, 0.25) is 0 Å². The molecule has 4 nitrogen and oxygen atoms in total. The van der Waals surface area contributed by atoms with Crippen LogP contribution >= 0.6 is 0 Å². The number of hydrogen-bond acceptors (Lipinski definition) is 4. The Bertz CT molecular complexity index is 2910. The summed E-state index contributed by atoms with van der Waals surface area (Å²) in [4.78, 5) is 15.6. The van der Waals surface area contributed by atoms with Gasteiger partial charge < -0.3 is 4.42 Å². The van der Waals surface area contributed by atoms with Crippen molar-refractivity contribution in [2.45, 2.75) is 0 Å². The molecule has 238 valence electrons. The van der Waals surface area contributed by atoms with E-state index in [9.17, 15) is 0 Å². The molecule has 2 aromatic heterocycles. The summed E-state index contributed by atoms with van der Waals surface area (Å²) in [7, 11) is 0. The van der Waals surface area contributed by atoms with Gasteiger partial charge in [-0.25, -0.2) is 15.0 Å². The second-order valence-electron chi connectivity index (χ2n) is 12.7. The molecular weight excluding hydrogens is 623 g/mol. The third-order valence-corrected chi connectivity index (χ3v) is 9.76. The van der Waals surface area contributed by atoms with Gasteiger partial charge >= 0.3 is 0 Å². The van der Waals surface area contributed by atoms with E-state index in [4.69, 9.17) is 19.4 Å². The largest absolute Gasteiger partial charge is 0.455 e. The Kier molecular flexibility index (Phi) is 6.78. The zero-order chi connectivity index (χ0) is 33.7. The number of nitrogens with zero attached hydrogens (tertiary/aromatic N) is 3. The lowest BCUT2D eigenvalue weighted by atomic mass is 9.92. The first-order valence-electron chi connectivity index (χ1n) is 17.1. The lowest BCUT2D eigenvalue weighted by Crippen LogP contribution is -2.01. The van der Waals surface area contributed by atoms with Crippen LogP contribution in [0.25, 0.3) is 99.9 Å². The Balaban J connectivity index is 1.23.